The van der Waals surface area contributed by atoms with E-state index >= 15 is 0 Å². The average Bonchev–Trinajstić information content (AvgIpc) is 2.75. The van der Waals surface area contributed by atoms with Gasteiger partial charge in [0, 0.05) is 26.1 Å². The number of nitrogens with zero attached hydrogens (tertiary/aromatic N) is 1. The van der Waals surface area contributed by atoms with E-state index in [1.54, 1.807) is 18.0 Å². The molecule has 34 heavy (non-hydrogen) atoms. The van der Waals surface area contributed by atoms with Gasteiger partial charge in [-0.3, -0.25) is 4.79 Å². The molecule has 0 saturated heterocycles. The number of phenols is 3. The summed E-state index contributed by atoms with van der Waals surface area (Å²) >= 11 is 0. The van der Waals surface area contributed by atoms with Gasteiger partial charge in [0.25, 0.3) is 0 Å². The number of benzene rings is 1. The second-order valence-corrected chi connectivity index (χ2v) is 10.2. The monoisotopic (exact) mass is 477 g/mol. The van der Waals surface area contributed by atoms with E-state index < -0.39 is 5.60 Å². The summed E-state index contributed by atoms with van der Waals surface area (Å²) in [7, 11) is 1.77. The molecule has 0 aliphatic heterocycles. The largest absolute Gasteiger partial charge is 0.505 e. The number of allylic oxidation sites excluding steroid dienone is 1. The van der Waals surface area contributed by atoms with Gasteiger partial charge in [-0.05, 0) is 40.0 Å². The highest BCUT2D eigenvalue weighted by molar-refractivity contribution is 5.77. The Labute approximate surface area is 206 Å². The van der Waals surface area contributed by atoms with Crippen LogP contribution in [0.5, 0.6) is 17.2 Å². The summed E-state index contributed by atoms with van der Waals surface area (Å²) < 4.78 is 5.32. The zero-order chi connectivity index (χ0) is 25.6. The van der Waals surface area contributed by atoms with E-state index in [-0.39, 0.29) is 35.2 Å². The molecule has 0 spiro atoms. The molecule has 1 aromatic carbocycles. The fourth-order valence-corrected chi connectivity index (χ4v) is 3.85. The van der Waals surface area contributed by atoms with E-state index in [9.17, 15) is 20.1 Å². The Morgan fingerprint density at radius 2 is 1.53 bits per heavy atom. The quantitative estimate of drug-likeness (QED) is 0.100. The van der Waals surface area contributed by atoms with Crippen LogP contribution in [-0.2, 0) is 9.53 Å². The number of phenolic OH excluding ortho intramolecular Hbond substituents is 3. The number of carbonyl (C=O) groups is 1. The molecule has 0 aliphatic rings. The lowest BCUT2D eigenvalue weighted by Crippen LogP contribution is -2.25. The molecule has 6 nitrogen and oxygen atoms in total. The molecular formula is C28H47NO5. The normalized spacial score (nSPS) is 11.8. The second-order valence-electron chi connectivity index (χ2n) is 10.2. The van der Waals surface area contributed by atoms with Crippen LogP contribution in [0.4, 0.5) is 5.69 Å². The van der Waals surface area contributed by atoms with E-state index in [1.807, 2.05) is 26.8 Å². The van der Waals surface area contributed by atoms with Gasteiger partial charge >= 0.3 is 5.97 Å². The van der Waals surface area contributed by atoms with Crippen molar-refractivity contribution in [3.05, 3.63) is 17.7 Å². The minimum Gasteiger partial charge on any atom is -0.505 e. The van der Waals surface area contributed by atoms with Gasteiger partial charge in [0.2, 0.25) is 0 Å². The fraction of sp³-hybridized carbons (Fsp3) is 0.679. The van der Waals surface area contributed by atoms with Gasteiger partial charge < -0.3 is 25.0 Å². The van der Waals surface area contributed by atoms with Gasteiger partial charge in [0.05, 0.1) is 11.3 Å². The predicted molar refractivity (Wildman–Crippen MR) is 141 cm³/mol. The van der Waals surface area contributed by atoms with Crippen LogP contribution in [0, 0.1) is 0 Å². The first kappa shape index (κ1) is 29.7. The van der Waals surface area contributed by atoms with E-state index in [2.05, 4.69) is 6.92 Å². The van der Waals surface area contributed by atoms with Gasteiger partial charge in [0.15, 0.2) is 11.5 Å². The van der Waals surface area contributed by atoms with Gasteiger partial charge in [0.1, 0.15) is 11.4 Å². The van der Waals surface area contributed by atoms with Gasteiger partial charge in [-0.15, -0.1) is 0 Å². The Kier molecular flexibility index (Phi) is 13.5. The lowest BCUT2D eigenvalue weighted by molar-refractivity contribution is -0.154. The van der Waals surface area contributed by atoms with Gasteiger partial charge in [-0.25, -0.2) is 0 Å². The van der Waals surface area contributed by atoms with E-state index in [1.165, 1.54) is 57.4 Å². The molecule has 0 heterocycles. The topological polar surface area (TPSA) is 90.2 Å². The molecule has 0 atom stereocenters. The van der Waals surface area contributed by atoms with Crippen molar-refractivity contribution in [2.75, 3.05) is 18.5 Å². The van der Waals surface area contributed by atoms with Gasteiger partial charge in [-0.1, -0.05) is 70.4 Å². The summed E-state index contributed by atoms with van der Waals surface area (Å²) in [6, 6.07) is 1.34. The number of carbonyl (C=O) groups excluding carboxylic acids is 1. The minimum atomic E-state index is -0.514. The van der Waals surface area contributed by atoms with Crippen molar-refractivity contribution in [2.45, 2.75) is 110 Å². The molecule has 6 heteroatoms. The molecule has 0 unspecified atom stereocenters. The molecule has 0 aromatic heterocycles. The fourth-order valence-electron chi connectivity index (χ4n) is 3.85. The third kappa shape index (κ3) is 11.7. The van der Waals surface area contributed by atoms with E-state index in [4.69, 9.17) is 4.74 Å². The number of esters is 1. The molecule has 0 aliphatic carbocycles. The third-order valence-electron chi connectivity index (χ3n) is 5.73. The Balaban J connectivity index is 2.55. The number of rotatable bonds is 16. The average molecular weight is 478 g/mol. The number of ether oxygens (including phenoxy) is 1. The van der Waals surface area contributed by atoms with Crippen LogP contribution in [0.25, 0.3) is 6.08 Å². The second kappa shape index (κ2) is 15.5. The van der Waals surface area contributed by atoms with Crippen LogP contribution >= 0.6 is 0 Å². The van der Waals surface area contributed by atoms with Crippen molar-refractivity contribution in [3.8, 4) is 17.2 Å². The Hall–Kier alpha value is -2.37. The third-order valence-corrected chi connectivity index (χ3v) is 5.73. The zero-order valence-corrected chi connectivity index (χ0v) is 22.0. The summed E-state index contributed by atoms with van der Waals surface area (Å²) in [4.78, 5) is 13.7. The molecule has 0 amide bonds. The standard InChI is InChI=1S/C28H47NO5/c1-6-7-8-9-10-11-12-13-14-15-16-18-22-26(32)23(21-24(30)27(22)33)29(5)20-17-19-25(31)34-28(2,3)4/h16,18,21,30,32-33H,6-15,17,19-20H2,1-5H3/b18-16+. The van der Waals surface area contributed by atoms with E-state index in [0.29, 0.717) is 18.7 Å². The van der Waals surface area contributed by atoms with Crippen molar-refractivity contribution in [1.82, 2.24) is 0 Å². The van der Waals surface area contributed by atoms with Crippen LogP contribution in [0.15, 0.2) is 12.1 Å². The Morgan fingerprint density at radius 1 is 0.941 bits per heavy atom. The van der Waals surface area contributed by atoms with Crippen molar-refractivity contribution < 1.29 is 24.9 Å². The van der Waals surface area contributed by atoms with Crippen LogP contribution in [-0.4, -0.2) is 40.5 Å². The molecule has 0 saturated carbocycles. The lowest BCUT2D eigenvalue weighted by Gasteiger charge is -2.23. The summed E-state index contributed by atoms with van der Waals surface area (Å²) in [5.41, 5.74) is 0.103. The maximum Gasteiger partial charge on any atom is 0.306 e. The summed E-state index contributed by atoms with van der Waals surface area (Å²) in [6.45, 7) is 8.22. The lowest BCUT2D eigenvalue weighted by atomic mass is 10.1. The first-order valence-corrected chi connectivity index (χ1v) is 12.9. The molecule has 0 fully saturated rings. The molecule has 0 radical (unpaired) electrons. The van der Waals surface area contributed by atoms with E-state index in [0.717, 1.165) is 12.8 Å². The summed E-state index contributed by atoms with van der Waals surface area (Å²) in [6.07, 6.45) is 16.6. The highest BCUT2D eigenvalue weighted by atomic mass is 16.6. The maximum atomic E-state index is 11.9. The highest BCUT2D eigenvalue weighted by Gasteiger charge is 2.19. The summed E-state index contributed by atoms with van der Waals surface area (Å²) in [5.74, 6) is -0.960. The molecule has 0 bridgehead atoms. The van der Waals surface area contributed by atoms with Gasteiger partial charge in [-0.2, -0.15) is 0 Å². The molecule has 1 rings (SSSR count). The summed E-state index contributed by atoms with van der Waals surface area (Å²) in [5, 5.41) is 31.2. The van der Waals surface area contributed by atoms with Crippen molar-refractivity contribution in [3.63, 3.8) is 0 Å². The maximum absolute atomic E-state index is 11.9. The molecule has 194 valence electrons. The first-order valence-electron chi connectivity index (χ1n) is 12.9. The number of unbranched alkanes of at least 4 members (excludes halogenated alkanes) is 9. The number of hydrogen-bond acceptors (Lipinski definition) is 6. The zero-order valence-electron chi connectivity index (χ0n) is 22.0. The van der Waals surface area contributed by atoms with Crippen LogP contribution in [0.1, 0.15) is 110 Å². The van der Waals surface area contributed by atoms with Crippen molar-refractivity contribution >= 4 is 17.7 Å². The minimum absolute atomic E-state index is 0.0848. The first-order chi connectivity index (χ1) is 16.1. The highest BCUT2D eigenvalue weighted by Crippen LogP contribution is 2.43. The number of anilines is 1. The molecule has 1 aromatic rings. The van der Waals surface area contributed by atoms with Crippen LogP contribution in [0.3, 0.4) is 0 Å². The van der Waals surface area contributed by atoms with Crippen LogP contribution in [0.2, 0.25) is 0 Å². The predicted octanol–water partition coefficient (Wildman–Crippen LogP) is 7.30. The molecular weight excluding hydrogens is 430 g/mol. The SMILES string of the molecule is CCCCCCCCCCC/C=C/c1c(O)c(O)cc(N(C)CCCC(=O)OC(C)(C)C)c1O. The van der Waals surface area contributed by atoms with Crippen LogP contribution < -0.4 is 4.90 Å². The van der Waals surface area contributed by atoms with Crippen molar-refractivity contribution in [2.24, 2.45) is 0 Å². The Bertz CT molecular complexity index is 767. The molecule has 3 N–H and O–H groups in total. The number of hydrogen-bond donors (Lipinski definition) is 3. The smallest absolute Gasteiger partial charge is 0.306 e. The van der Waals surface area contributed by atoms with Crippen molar-refractivity contribution in [1.29, 1.82) is 0 Å². The Morgan fingerprint density at radius 3 is 2.12 bits per heavy atom. The number of aromatic hydroxyl groups is 3.